The van der Waals surface area contributed by atoms with Gasteiger partial charge in [-0.15, -0.1) is 0 Å². The Labute approximate surface area is 95.5 Å². The summed E-state index contributed by atoms with van der Waals surface area (Å²) >= 11 is 11.7. The Morgan fingerprint density at radius 1 is 1.21 bits per heavy atom. The molecule has 0 radical (unpaired) electrons. The molecular formula is C12H14Cl2. The van der Waals surface area contributed by atoms with Gasteiger partial charge in [0.15, 0.2) is 0 Å². The number of benzene rings is 1. The maximum Gasteiger partial charge on any atom is 0.0598 e. The van der Waals surface area contributed by atoms with Crippen molar-refractivity contribution >= 4 is 29.3 Å². The lowest BCUT2D eigenvalue weighted by atomic mass is 10.1. The molecule has 2 heteroatoms. The zero-order valence-corrected chi connectivity index (χ0v) is 9.94. The minimum atomic E-state index is 0.604. The standard InChI is InChI=1S/C12H14Cl2/c1-9(2)4-3-5-10-6-7-11(13)12(14)8-10/h3,5-9H,4H2,1-2H3/b5-3+. The first-order chi connectivity index (χ1) is 6.59. The molecule has 0 aliphatic rings. The quantitative estimate of drug-likeness (QED) is 0.680. The average molecular weight is 229 g/mol. The zero-order chi connectivity index (χ0) is 10.6. The van der Waals surface area contributed by atoms with E-state index in [0.29, 0.717) is 16.0 Å². The Bertz CT molecular complexity index is 327. The molecule has 0 N–H and O–H groups in total. The second-order valence-electron chi connectivity index (χ2n) is 3.71. The number of halogens is 2. The van der Waals surface area contributed by atoms with Crippen LogP contribution in [0.2, 0.25) is 10.0 Å². The first-order valence-electron chi connectivity index (χ1n) is 4.71. The van der Waals surface area contributed by atoms with E-state index >= 15 is 0 Å². The molecule has 0 bridgehead atoms. The van der Waals surface area contributed by atoms with Crippen molar-refractivity contribution in [1.29, 1.82) is 0 Å². The number of hydrogen-bond donors (Lipinski definition) is 0. The summed E-state index contributed by atoms with van der Waals surface area (Å²) in [5, 5.41) is 1.21. The van der Waals surface area contributed by atoms with Gasteiger partial charge in [-0.2, -0.15) is 0 Å². The van der Waals surface area contributed by atoms with Crippen LogP contribution in [0.5, 0.6) is 0 Å². The van der Waals surface area contributed by atoms with E-state index in [1.807, 2.05) is 18.2 Å². The van der Waals surface area contributed by atoms with Crippen LogP contribution in [0.1, 0.15) is 25.8 Å². The molecule has 0 nitrogen and oxygen atoms in total. The van der Waals surface area contributed by atoms with Crippen molar-refractivity contribution in [2.75, 3.05) is 0 Å². The van der Waals surface area contributed by atoms with Crippen molar-refractivity contribution in [3.8, 4) is 0 Å². The highest BCUT2D eigenvalue weighted by Crippen LogP contribution is 2.23. The predicted molar refractivity (Wildman–Crippen MR) is 65.0 cm³/mol. The second kappa shape index (κ2) is 5.43. The van der Waals surface area contributed by atoms with Crippen molar-refractivity contribution in [1.82, 2.24) is 0 Å². The number of hydrogen-bond acceptors (Lipinski definition) is 0. The maximum absolute atomic E-state index is 5.89. The van der Waals surface area contributed by atoms with E-state index < -0.39 is 0 Å². The Morgan fingerprint density at radius 3 is 2.50 bits per heavy atom. The lowest BCUT2D eigenvalue weighted by Crippen LogP contribution is -1.81. The number of rotatable bonds is 3. The van der Waals surface area contributed by atoms with E-state index in [-0.39, 0.29) is 0 Å². The molecule has 0 fully saturated rings. The topological polar surface area (TPSA) is 0 Å². The summed E-state index contributed by atoms with van der Waals surface area (Å²) in [6, 6.07) is 5.66. The molecule has 76 valence electrons. The van der Waals surface area contributed by atoms with Crippen LogP contribution in [0, 0.1) is 5.92 Å². The van der Waals surface area contributed by atoms with Crippen LogP contribution in [0.4, 0.5) is 0 Å². The van der Waals surface area contributed by atoms with Gasteiger partial charge in [0.05, 0.1) is 10.0 Å². The third-order valence-corrected chi connectivity index (χ3v) is 2.60. The minimum absolute atomic E-state index is 0.604. The second-order valence-corrected chi connectivity index (χ2v) is 4.52. The summed E-state index contributed by atoms with van der Waals surface area (Å²) in [6.45, 7) is 4.39. The van der Waals surface area contributed by atoms with Crippen LogP contribution in [-0.2, 0) is 0 Å². The monoisotopic (exact) mass is 228 g/mol. The van der Waals surface area contributed by atoms with Crippen LogP contribution in [0.3, 0.4) is 0 Å². The molecule has 0 aromatic heterocycles. The van der Waals surface area contributed by atoms with Crippen molar-refractivity contribution in [2.24, 2.45) is 5.92 Å². The van der Waals surface area contributed by atoms with E-state index in [0.717, 1.165) is 12.0 Å². The fourth-order valence-corrected chi connectivity index (χ4v) is 1.40. The van der Waals surface area contributed by atoms with Gasteiger partial charge in [-0.05, 0) is 30.0 Å². The molecule has 0 saturated carbocycles. The van der Waals surface area contributed by atoms with Gasteiger partial charge in [-0.1, -0.05) is 55.3 Å². The van der Waals surface area contributed by atoms with Gasteiger partial charge in [0, 0.05) is 0 Å². The molecule has 1 aromatic rings. The van der Waals surface area contributed by atoms with Gasteiger partial charge in [0.25, 0.3) is 0 Å². The molecular weight excluding hydrogens is 215 g/mol. The molecule has 0 spiro atoms. The summed E-state index contributed by atoms with van der Waals surface area (Å²) < 4.78 is 0. The van der Waals surface area contributed by atoms with Gasteiger partial charge in [-0.3, -0.25) is 0 Å². The normalized spacial score (nSPS) is 11.5. The Kier molecular flexibility index (Phi) is 4.50. The van der Waals surface area contributed by atoms with Gasteiger partial charge >= 0.3 is 0 Å². The Hall–Kier alpha value is -0.460. The van der Waals surface area contributed by atoms with E-state index in [1.165, 1.54) is 0 Å². The Morgan fingerprint density at radius 2 is 1.93 bits per heavy atom. The molecule has 0 unspecified atom stereocenters. The van der Waals surface area contributed by atoms with Crippen LogP contribution < -0.4 is 0 Å². The van der Waals surface area contributed by atoms with Crippen LogP contribution in [0.15, 0.2) is 24.3 Å². The summed E-state index contributed by atoms with van der Waals surface area (Å²) in [6.07, 6.45) is 5.31. The summed E-state index contributed by atoms with van der Waals surface area (Å²) in [5.74, 6) is 0.689. The van der Waals surface area contributed by atoms with Gasteiger partial charge < -0.3 is 0 Å². The molecule has 1 rings (SSSR count). The van der Waals surface area contributed by atoms with Gasteiger partial charge in [-0.25, -0.2) is 0 Å². The lowest BCUT2D eigenvalue weighted by Gasteiger charge is -1.99. The van der Waals surface area contributed by atoms with E-state index in [4.69, 9.17) is 23.2 Å². The van der Waals surface area contributed by atoms with Crippen molar-refractivity contribution in [3.63, 3.8) is 0 Å². The fraction of sp³-hybridized carbons (Fsp3) is 0.333. The van der Waals surface area contributed by atoms with Gasteiger partial charge in [0.1, 0.15) is 0 Å². The lowest BCUT2D eigenvalue weighted by molar-refractivity contribution is 0.665. The molecule has 0 atom stereocenters. The molecule has 14 heavy (non-hydrogen) atoms. The summed E-state index contributed by atoms with van der Waals surface area (Å²) in [4.78, 5) is 0. The predicted octanol–water partition coefficient (Wildman–Crippen LogP) is 5.05. The summed E-state index contributed by atoms with van der Waals surface area (Å²) in [5.41, 5.74) is 1.10. The molecule has 1 aromatic carbocycles. The smallest absolute Gasteiger partial charge is 0.0598 e. The third kappa shape index (κ3) is 3.73. The molecule has 0 aliphatic heterocycles. The first kappa shape index (κ1) is 11.6. The minimum Gasteiger partial charge on any atom is -0.0837 e. The molecule has 0 saturated heterocycles. The van der Waals surface area contributed by atoms with Crippen LogP contribution in [0.25, 0.3) is 6.08 Å². The molecule has 0 amide bonds. The Balaban J connectivity index is 2.68. The van der Waals surface area contributed by atoms with Gasteiger partial charge in [0.2, 0.25) is 0 Å². The zero-order valence-electron chi connectivity index (χ0n) is 8.43. The van der Waals surface area contributed by atoms with Crippen molar-refractivity contribution in [2.45, 2.75) is 20.3 Å². The summed E-state index contributed by atoms with van der Waals surface area (Å²) in [7, 11) is 0. The number of allylic oxidation sites excluding steroid dienone is 1. The van der Waals surface area contributed by atoms with Crippen LogP contribution in [-0.4, -0.2) is 0 Å². The SMILES string of the molecule is CC(C)C/C=C/c1ccc(Cl)c(Cl)c1. The largest absolute Gasteiger partial charge is 0.0837 e. The highest BCUT2D eigenvalue weighted by Gasteiger charge is 1.96. The average Bonchev–Trinajstić information content (AvgIpc) is 2.10. The molecule has 0 aliphatic carbocycles. The highest BCUT2D eigenvalue weighted by atomic mass is 35.5. The third-order valence-electron chi connectivity index (χ3n) is 1.86. The van der Waals surface area contributed by atoms with E-state index in [9.17, 15) is 0 Å². The van der Waals surface area contributed by atoms with Crippen molar-refractivity contribution in [3.05, 3.63) is 39.9 Å². The van der Waals surface area contributed by atoms with Crippen molar-refractivity contribution < 1.29 is 0 Å². The van der Waals surface area contributed by atoms with E-state index in [1.54, 1.807) is 0 Å². The maximum atomic E-state index is 5.89. The van der Waals surface area contributed by atoms with Crippen LogP contribution >= 0.6 is 23.2 Å². The highest BCUT2D eigenvalue weighted by molar-refractivity contribution is 6.42. The fourth-order valence-electron chi connectivity index (χ4n) is 1.09. The van der Waals surface area contributed by atoms with E-state index in [2.05, 4.69) is 26.0 Å². The first-order valence-corrected chi connectivity index (χ1v) is 5.47. The molecule has 0 heterocycles.